The van der Waals surface area contributed by atoms with Crippen molar-refractivity contribution in [3.05, 3.63) is 65.2 Å². The van der Waals surface area contributed by atoms with Gasteiger partial charge < -0.3 is 25.2 Å². The minimum absolute atomic E-state index is 0. The number of amides is 1. The van der Waals surface area contributed by atoms with Crippen LogP contribution in [0.15, 0.2) is 53.5 Å². The Hall–Kier alpha value is -2.33. The van der Waals surface area contributed by atoms with Crippen LogP contribution in [-0.2, 0) is 13.0 Å². The average Bonchev–Trinajstić information content (AvgIpc) is 2.75. The van der Waals surface area contributed by atoms with E-state index in [4.69, 9.17) is 4.74 Å². The second-order valence-corrected chi connectivity index (χ2v) is 7.80. The molecule has 0 aromatic heterocycles. The summed E-state index contributed by atoms with van der Waals surface area (Å²) in [4.78, 5) is 20.1. The van der Waals surface area contributed by atoms with E-state index in [-0.39, 0.29) is 29.9 Å². The van der Waals surface area contributed by atoms with E-state index in [1.807, 2.05) is 56.6 Å². The Morgan fingerprint density at radius 1 is 1.00 bits per heavy atom. The van der Waals surface area contributed by atoms with Crippen molar-refractivity contribution in [3.8, 4) is 5.75 Å². The summed E-state index contributed by atoms with van der Waals surface area (Å²) in [5.41, 5.74) is 2.94. The molecular formula is C24H36IN5O2. The number of nitrogens with zero attached hydrogens (tertiary/aromatic N) is 3. The van der Waals surface area contributed by atoms with Crippen LogP contribution in [0.1, 0.15) is 21.5 Å². The lowest BCUT2D eigenvalue weighted by molar-refractivity contribution is 0.0827. The van der Waals surface area contributed by atoms with Crippen LogP contribution in [0.2, 0.25) is 0 Å². The van der Waals surface area contributed by atoms with Gasteiger partial charge in [0.2, 0.25) is 0 Å². The van der Waals surface area contributed by atoms with Gasteiger partial charge in [-0.2, -0.15) is 0 Å². The van der Waals surface area contributed by atoms with Crippen molar-refractivity contribution in [3.63, 3.8) is 0 Å². The van der Waals surface area contributed by atoms with Crippen LogP contribution in [0.5, 0.6) is 5.75 Å². The zero-order valence-electron chi connectivity index (χ0n) is 19.7. The quantitative estimate of drug-likeness (QED) is 0.269. The van der Waals surface area contributed by atoms with Gasteiger partial charge in [-0.25, -0.2) is 0 Å². The van der Waals surface area contributed by atoms with Gasteiger partial charge in [0.25, 0.3) is 5.91 Å². The Kier molecular flexibility index (Phi) is 12.7. The molecule has 0 fully saturated rings. The van der Waals surface area contributed by atoms with Gasteiger partial charge in [0.1, 0.15) is 12.4 Å². The molecule has 0 aliphatic carbocycles. The molecule has 176 valence electrons. The van der Waals surface area contributed by atoms with Crippen molar-refractivity contribution < 1.29 is 9.53 Å². The fraction of sp³-hybridized carbons (Fsp3) is 0.417. The molecule has 0 radical (unpaired) electrons. The molecule has 32 heavy (non-hydrogen) atoms. The third kappa shape index (κ3) is 9.86. The molecule has 0 aliphatic heterocycles. The van der Waals surface area contributed by atoms with Crippen LogP contribution in [0.4, 0.5) is 0 Å². The number of aliphatic imine (C=N–C) groups is 1. The summed E-state index contributed by atoms with van der Waals surface area (Å²) >= 11 is 0. The molecule has 2 N–H and O–H groups in total. The van der Waals surface area contributed by atoms with Crippen LogP contribution >= 0.6 is 24.0 Å². The van der Waals surface area contributed by atoms with Gasteiger partial charge in [-0.05, 0) is 55.9 Å². The maximum Gasteiger partial charge on any atom is 0.253 e. The van der Waals surface area contributed by atoms with E-state index in [0.29, 0.717) is 25.3 Å². The number of halogens is 1. The van der Waals surface area contributed by atoms with E-state index in [2.05, 4.69) is 26.6 Å². The second-order valence-electron chi connectivity index (χ2n) is 7.80. The van der Waals surface area contributed by atoms with Crippen molar-refractivity contribution in [2.75, 3.05) is 54.9 Å². The predicted molar refractivity (Wildman–Crippen MR) is 142 cm³/mol. The fourth-order valence-corrected chi connectivity index (χ4v) is 2.94. The minimum Gasteiger partial charge on any atom is -0.492 e. The van der Waals surface area contributed by atoms with Gasteiger partial charge in [0.15, 0.2) is 5.96 Å². The summed E-state index contributed by atoms with van der Waals surface area (Å²) in [5.74, 6) is 1.62. The van der Waals surface area contributed by atoms with E-state index in [0.717, 1.165) is 35.8 Å². The Morgan fingerprint density at radius 3 is 2.41 bits per heavy atom. The highest BCUT2D eigenvalue weighted by Crippen LogP contribution is 2.13. The smallest absolute Gasteiger partial charge is 0.253 e. The highest BCUT2D eigenvalue weighted by atomic mass is 127. The molecule has 7 nitrogen and oxygen atoms in total. The van der Waals surface area contributed by atoms with Gasteiger partial charge >= 0.3 is 0 Å². The van der Waals surface area contributed by atoms with E-state index in [1.165, 1.54) is 0 Å². The molecule has 0 bridgehead atoms. The SMILES string of the molecule is CN=C(NCCc1cccc(C(=O)N(C)C)c1)NCc1cccc(OCCN(C)C)c1.I. The van der Waals surface area contributed by atoms with Crippen molar-refractivity contribution >= 4 is 35.8 Å². The number of carbonyl (C=O) groups excluding carboxylic acids is 1. The van der Waals surface area contributed by atoms with E-state index in [1.54, 1.807) is 26.0 Å². The molecule has 0 atom stereocenters. The first kappa shape index (κ1) is 27.7. The Balaban J connectivity index is 0.00000512. The number of guanidine groups is 1. The third-order valence-electron chi connectivity index (χ3n) is 4.68. The fourth-order valence-electron chi connectivity index (χ4n) is 2.94. The molecule has 2 rings (SSSR count). The van der Waals surface area contributed by atoms with Gasteiger partial charge in [-0.1, -0.05) is 24.3 Å². The molecule has 0 spiro atoms. The molecule has 1 amide bonds. The van der Waals surface area contributed by atoms with E-state index >= 15 is 0 Å². The number of nitrogens with one attached hydrogen (secondary N) is 2. The number of benzene rings is 2. The average molecular weight is 553 g/mol. The van der Waals surface area contributed by atoms with Crippen LogP contribution < -0.4 is 15.4 Å². The largest absolute Gasteiger partial charge is 0.492 e. The molecule has 2 aromatic rings. The van der Waals surface area contributed by atoms with E-state index < -0.39 is 0 Å². The Bertz CT molecular complexity index is 871. The summed E-state index contributed by atoms with van der Waals surface area (Å²) in [6.07, 6.45) is 0.796. The Morgan fingerprint density at radius 2 is 1.72 bits per heavy atom. The van der Waals surface area contributed by atoms with Crippen LogP contribution in [0.25, 0.3) is 0 Å². The molecule has 8 heteroatoms. The number of hydrogen-bond acceptors (Lipinski definition) is 4. The summed E-state index contributed by atoms with van der Waals surface area (Å²) in [6.45, 7) is 2.91. The van der Waals surface area contributed by atoms with Crippen LogP contribution in [0.3, 0.4) is 0 Å². The monoisotopic (exact) mass is 553 g/mol. The third-order valence-corrected chi connectivity index (χ3v) is 4.68. The zero-order chi connectivity index (χ0) is 22.6. The van der Waals surface area contributed by atoms with Gasteiger partial charge in [0, 0.05) is 46.3 Å². The lowest BCUT2D eigenvalue weighted by atomic mass is 10.1. The molecular weight excluding hydrogens is 517 g/mol. The molecule has 0 saturated heterocycles. The first-order valence-electron chi connectivity index (χ1n) is 10.5. The summed E-state index contributed by atoms with van der Waals surface area (Å²) in [5, 5.41) is 6.66. The van der Waals surface area contributed by atoms with Gasteiger partial charge in [-0.15, -0.1) is 24.0 Å². The number of rotatable bonds is 10. The highest BCUT2D eigenvalue weighted by Gasteiger charge is 2.08. The summed E-state index contributed by atoms with van der Waals surface area (Å²) in [6, 6.07) is 15.8. The molecule has 0 heterocycles. The first-order chi connectivity index (χ1) is 14.9. The summed E-state index contributed by atoms with van der Waals surface area (Å²) < 4.78 is 5.80. The van der Waals surface area contributed by atoms with Crippen LogP contribution in [0, 0.1) is 0 Å². The van der Waals surface area contributed by atoms with Gasteiger partial charge in [0.05, 0.1) is 0 Å². The standard InChI is InChI=1S/C24H35N5O2.HI/c1-25-24(26-13-12-19-8-6-10-21(16-19)23(30)29(4)5)27-18-20-9-7-11-22(17-20)31-15-14-28(2)3;/h6-11,16-17H,12-15,18H2,1-5H3,(H2,25,26,27);1H. The lowest BCUT2D eigenvalue weighted by Gasteiger charge is -2.14. The van der Waals surface area contributed by atoms with Crippen molar-refractivity contribution in [1.29, 1.82) is 0 Å². The highest BCUT2D eigenvalue weighted by molar-refractivity contribution is 14.0. The maximum absolute atomic E-state index is 12.1. The number of hydrogen-bond donors (Lipinski definition) is 2. The zero-order valence-corrected chi connectivity index (χ0v) is 22.1. The maximum atomic E-state index is 12.1. The van der Waals surface area contributed by atoms with Crippen molar-refractivity contribution in [2.45, 2.75) is 13.0 Å². The van der Waals surface area contributed by atoms with Crippen molar-refractivity contribution in [1.82, 2.24) is 20.4 Å². The minimum atomic E-state index is 0. The van der Waals surface area contributed by atoms with Crippen LogP contribution in [-0.4, -0.2) is 76.6 Å². The molecule has 0 saturated carbocycles. The topological polar surface area (TPSA) is 69.2 Å². The first-order valence-corrected chi connectivity index (χ1v) is 10.5. The predicted octanol–water partition coefficient (Wildman–Crippen LogP) is 2.85. The number of likely N-dealkylation sites (N-methyl/N-ethyl adjacent to an activating group) is 1. The van der Waals surface area contributed by atoms with Crippen molar-refractivity contribution in [2.24, 2.45) is 4.99 Å². The molecule has 0 unspecified atom stereocenters. The Labute approximate surface area is 209 Å². The normalized spacial score (nSPS) is 11.0. The van der Waals surface area contributed by atoms with E-state index in [9.17, 15) is 4.79 Å². The number of ether oxygens (including phenoxy) is 1. The molecule has 0 aliphatic rings. The lowest BCUT2D eigenvalue weighted by Crippen LogP contribution is -2.37. The second kappa shape index (κ2) is 14.7. The summed E-state index contributed by atoms with van der Waals surface area (Å²) in [7, 11) is 9.34. The number of carbonyl (C=O) groups is 1. The molecule has 2 aromatic carbocycles. The van der Waals surface area contributed by atoms with Gasteiger partial charge in [-0.3, -0.25) is 9.79 Å².